The molecule has 1 aliphatic rings. The summed E-state index contributed by atoms with van der Waals surface area (Å²) >= 11 is 1.96. The Kier molecular flexibility index (Phi) is 3.36. The lowest BCUT2D eigenvalue weighted by Gasteiger charge is -2.25. The number of nitriles is 1. The van der Waals surface area contributed by atoms with Crippen molar-refractivity contribution in [3.8, 4) is 17.2 Å². The van der Waals surface area contributed by atoms with Crippen LogP contribution in [0.1, 0.15) is 25.0 Å². The molecule has 4 heteroatoms. The van der Waals surface area contributed by atoms with Crippen molar-refractivity contribution in [2.75, 3.05) is 0 Å². The summed E-state index contributed by atoms with van der Waals surface area (Å²) in [6.45, 7) is 0. The van der Waals surface area contributed by atoms with Gasteiger partial charge in [0.15, 0.2) is 0 Å². The molecule has 1 fully saturated rings. The zero-order chi connectivity index (χ0) is 14.9. The third-order valence-corrected chi connectivity index (χ3v) is 5.64. The third-order valence-electron chi connectivity index (χ3n) is 4.22. The van der Waals surface area contributed by atoms with E-state index in [1.807, 2.05) is 53.0 Å². The first-order valence-electron chi connectivity index (χ1n) is 7.48. The van der Waals surface area contributed by atoms with Crippen molar-refractivity contribution in [3.05, 3.63) is 54.6 Å². The molecule has 3 heterocycles. The molecule has 1 aliphatic carbocycles. The van der Waals surface area contributed by atoms with E-state index in [1.54, 1.807) is 0 Å². The van der Waals surface area contributed by atoms with E-state index in [-0.39, 0.29) is 0 Å². The van der Waals surface area contributed by atoms with Crippen molar-refractivity contribution >= 4 is 17.3 Å². The first kappa shape index (κ1) is 13.4. The minimum Gasteiger partial charge on any atom is -0.308 e. The van der Waals surface area contributed by atoms with Crippen molar-refractivity contribution in [3.63, 3.8) is 0 Å². The maximum Gasteiger partial charge on any atom is 0.124 e. The van der Waals surface area contributed by atoms with E-state index < -0.39 is 0 Å². The number of nitrogens with zero attached hydrogens (tertiary/aromatic N) is 3. The van der Waals surface area contributed by atoms with E-state index in [0.717, 1.165) is 21.9 Å². The largest absolute Gasteiger partial charge is 0.308 e. The number of hydrogen-bond donors (Lipinski definition) is 0. The minimum absolute atomic E-state index is 0.654. The number of rotatable bonds is 3. The topological polar surface area (TPSA) is 41.1 Å². The van der Waals surface area contributed by atoms with E-state index in [4.69, 9.17) is 0 Å². The predicted molar refractivity (Wildman–Crippen MR) is 88.8 cm³/mol. The van der Waals surface area contributed by atoms with Gasteiger partial charge in [-0.2, -0.15) is 5.26 Å². The average molecular weight is 305 g/mol. The summed E-state index contributed by atoms with van der Waals surface area (Å²) in [4.78, 5) is 5.60. The van der Waals surface area contributed by atoms with Crippen molar-refractivity contribution in [1.82, 2.24) is 9.38 Å². The first-order valence-corrected chi connectivity index (χ1v) is 8.36. The molecule has 0 radical (unpaired) electrons. The molecular formula is C18H15N3S. The molecule has 0 N–H and O–H groups in total. The van der Waals surface area contributed by atoms with E-state index in [0.29, 0.717) is 5.69 Å². The molecule has 3 aromatic heterocycles. The molecule has 4 rings (SSSR count). The van der Waals surface area contributed by atoms with E-state index in [1.165, 1.54) is 24.2 Å². The van der Waals surface area contributed by atoms with Crippen LogP contribution in [0, 0.1) is 11.3 Å². The Morgan fingerprint density at radius 2 is 2.09 bits per heavy atom. The second-order valence-corrected chi connectivity index (χ2v) is 6.89. The van der Waals surface area contributed by atoms with Crippen LogP contribution in [0.3, 0.4) is 0 Å². The monoisotopic (exact) mass is 305 g/mol. The molecule has 0 amide bonds. The smallest absolute Gasteiger partial charge is 0.124 e. The summed E-state index contributed by atoms with van der Waals surface area (Å²) in [6, 6.07) is 12.3. The van der Waals surface area contributed by atoms with Gasteiger partial charge in [0.2, 0.25) is 0 Å². The van der Waals surface area contributed by atoms with Crippen LogP contribution in [-0.4, -0.2) is 14.6 Å². The van der Waals surface area contributed by atoms with Crippen molar-refractivity contribution in [2.45, 2.75) is 29.4 Å². The Bertz CT molecular complexity index is 871. The van der Waals surface area contributed by atoms with Gasteiger partial charge in [0.1, 0.15) is 11.8 Å². The van der Waals surface area contributed by atoms with Crippen LogP contribution in [0.25, 0.3) is 16.6 Å². The number of thioether (sulfide) groups is 1. The predicted octanol–water partition coefficient (Wildman–Crippen LogP) is 4.52. The zero-order valence-electron chi connectivity index (χ0n) is 12.1. The minimum atomic E-state index is 0.654. The van der Waals surface area contributed by atoms with Crippen LogP contribution < -0.4 is 0 Å². The van der Waals surface area contributed by atoms with Gasteiger partial charge in [0.25, 0.3) is 0 Å². The lowest BCUT2D eigenvalue weighted by atomic mass is 10.00. The van der Waals surface area contributed by atoms with Gasteiger partial charge in [-0.25, -0.2) is 0 Å². The summed E-state index contributed by atoms with van der Waals surface area (Å²) in [5.74, 6) is 0. The van der Waals surface area contributed by atoms with Crippen LogP contribution in [0.4, 0.5) is 0 Å². The molecular weight excluding hydrogens is 290 g/mol. The van der Waals surface area contributed by atoms with E-state index in [2.05, 4.69) is 23.2 Å². The molecule has 1 saturated carbocycles. The SMILES string of the molecule is N#Cc1ccc(-c2cnccc2SC2CCC2)c2cccn12. The molecule has 0 aliphatic heterocycles. The van der Waals surface area contributed by atoms with E-state index in [9.17, 15) is 5.26 Å². The highest BCUT2D eigenvalue weighted by atomic mass is 32.2. The summed E-state index contributed by atoms with van der Waals surface area (Å²) in [6.07, 6.45) is 9.70. The molecule has 0 aromatic carbocycles. The Balaban J connectivity index is 1.85. The Labute approximate surface area is 133 Å². The summed E-state index contributed by atoms with van der Waals surface area (Å²) in [5, 5.41) is 9.98. The van der Waals surface area contributed by atoms with Gasteiger partial charge in [-0.05, 0) is 43.2 Å². The number of hydrogen-bond acceptors (Lipinski definition) is 3. The maximum absolute atomic E-state index is 9.24. The fourth-order valence-electron chi connectivity index (χ4n) is 2.81. The Hall–Kier alpha value is -2.25. The van der Waals surface area contributed by atoms with Gasteiger partial charge >= 0.3 is 0 Å². The van der Waals surface area contributed by atoms with Crippen molar-refractivity contribution < 1.29 is 0 Å². The number of aromatic nitrogens is 2. The molecule has 3 nitrogen and oxygen atoms in total. The second kappa shape index (κ2) is 5.51. The van der Waals surface area contributed by atoms with Crippen molar-refractivity contribution in [1.29, 1.82) is 5.26 Å². The molecule has 108 valence electrons. The number of pyridine rings is 2. The highest BCUT2D eigenvalue weighted by Crippen LogP contribution is 2.41. The molecule has 0 unspecified atom stereocenters. The molecule has 22 heavy (non-hydrogen) atoms. The quantitative estimate of drug-likeness (QED) is 0.714. The molecule has 0 spiro atoms. The van der Waals surface area contributed by atoms with Crippen molar-refractivity contribution in [2.24, 2.45) is 0 Å². The fourth-order valence-corrected chi connectivity index (χ4v) is 4.17. The number of fused-ring (bicyclic) bond motifs is 1. The first-order chi connectivity index (χ1) is 10.9. The summed E-state index contributed by atoms with van der Waals surface area (Å²) < 4.78 is 1.94. The second-order valence-electron chi connectivity index (χ2n) is 5.55. The van der Waals surface area contributed by atoms with Gasteiger partial charge in [-0.3, -0.25) is 4.98 Å². The highest BCUT2D eigenvalue weighted by Gasteiger charge is 2.21. The van der Waals surface area contributed by atoms with Gasteiger partial charge in [0.05, 0.1) is 5.52 Å². The van der Waals surface area contributed by atoms with Gasteiger partial charge in [-0.1, -0.05) is 6.42 Å². The molecule has 3 aromatic rings. The average Bonchev–Trinajstić information content (AvgIpc) is 3.00. The van der Waals surface area contributed by atoms with Crippen LogP contribution in [0.15, 0.2) is 53.8 Å². The van der Waals surface area contributed by atoms with E-state index >= 15 is 0 Å². The molecule has 0 saturated heterocycles. The fraction of sp³-hybridized carbons (Fsp3) is 0.222. The molecule has 0 atom stereocenters. The third kappa shape index (κ3) is 2.18. The Morgan fingerprint density at radius 1 is 1.18 bits per heavy atom. The van der Waals surface area contributed by atoms with Gasteiger partial charge in [-0.15, -0.1) is 11.8 Å². The highest BCUT2D eigenvalue weighted by molar-refractivity contribution is 8.00. The van der Waals surface area contributed by atoms with Crippen LogP contribution in [0.2, 0.25) is 0 Å². The lowest BCUT2D eigenvalue weighted by Crippen LogP contribution is -2.12. The summed E-state index contributed by atoms with van der Waals surface area (Å²) in [7, 11) is 0. The van der Waals surface area contributed by atoms with Gasteiger partial charge < -0.3 is 4.40 Å². The normalized spacial score (nSPS) is 14.7. The van der Waals surface area contributed by atoms with Crippen LogP contribution in [-0.2, 0) is 0 Å². The maximum atomic E-state index is 9.24. The van der Waals surface area contributed by atoms with Crippen LogP contribution >= 0.6 is 11.8 Å². The van der Waals surface area contributed by atoms with Crippen LogP contribution in [0.5, 0.6) is 0 Å². The molecule has 0 bridgehead atoms. The standard InChI is InChI=1S/C18H15N3S/c19-11-13-6-7-15(17-5-2-10-21(13)17)16-12-20-9-8-18(16)22-14-3-1-4-14/h2,5-10,12,14H,1,3-4H2. The summed E-state index contributed by atoms with van der Waals surface area (Å²) in [5.41, 5.74) is 4.01. The van der Waals surface area contributed by atoms with Gasteiger partial charge in [0, 0.05) is 39.9 Å². The Morgan fingerprint density at radius 3 is 2.86 bits per heavy atom. The lowest BCUT2D eigenvalue weighted by molar-refractivity contribution is 0.522. The zero-order valence-corrected chi connectivity index (χ0v) is 12.9.